The number of nitrogens with zero attached hydrogens (tertiary/aromatic N) is 5. The summed E-state index contributed by atoms with van der Waals surface area (Å²) in [7, 11) is 0. The number of hydrogen-bond donors (Lipinski definition) is 1. The Hall–Kier alpha value is -1.40. The average molecular weight is 351 g/mol. The summed E-state index contributed by atoms with van der Waals surface area (Å²) < 4.78 is 4.22. The molecule has 1 aliphatic carbocycles. The third-order valence-corrected chi connectivity index (χ3v) is 5.31. The van der Waals surface area contributed by atoms with E-state index in [0.29, 0.717) is 11.3 Å². The first-order valence-electron chi connectivity index (χ1n) is 8.75. The van der Waals surface area contributed by atoms with E-state index in [4.69, 9.17) is 0 Å². The Balaban J connectivity index is 0.00000169. The standard InChI is InChI=1S/C17H26N6.ClH/c1-13-8-14(2)23(20-13)12-17(5-6-17)11-22-10-16(19-21-22)15-4-3-7-18-9-15;/h8,10,15,18H,3-7,9,11-12H2,1-2H3;1H. The van der Waals surface area contributed by atoms with Crippen molar-refractivity contribution in [3.63, 3.8) is 0 Å². The fourth-order valence-electron chi connectivity index (χ4n) is 3.72. The minimum absolute atomic E-state index is 0. The van der Waals surface area contributed by atoms with Crippen LogP contribution in [0.1, 0.15) is 48.7 Å². The number of hydrogen-bond acceptors (Lipinski definition) is 4. The van der Waals surface area contributed by atoms with E-state index in [1.165, 1.54) is 31.4 Å². The summed E-state index contributed by atoms with van der Waals surface area (Å²) in [5.41, 5.74) is 3.82. The van der Waals surface area contributed by atoms with E-state index in [9.17, 15) is 0 Å². The molecular weight excluding hydrogens is 324 g/mol. The van der Waals surface area contributed by atoms with Crippen molar-refractivity contribution in [2.45, 2.75) is 58.5 Å². The van der Waals surface area contributed by atoms with E-state index in [1.807, 2.05) is 0 Å². The maximum Gasteiger partial charge on any atom is 0.0870 e. The van der Waals surface area contributed by atoms with Gasteiger partial charge in [0.25, 0.3) is 0 Å². The summed E-state index contributed by atoms with van der Waals surface area (Å²) in [6.45, 7) is 8.32. The Morgan fingerprint density at radius 3 is 2.75 bits per heavy atom. The molecule has 6 nitrogen and oxygen atoms in total. The molecule has 1 unspecified atom stereocenters. The van der Waals surface area contributed by atoms with Gasteiger partial charge in [-0.15, -0.1) is 17.5 Å². The first kappa shape index (κ1) is 17.4. The quantitative estimate of drug-likeness (QED) is 0.899. The van der Waals surface area contributed by atoms with Crippen LogP contribution >= 0.6 is 12.4 Å². The first-order chi connectivity index (χ1) is 11.1. The van der Waals surface area contributed by atoms with E-state index in [-0.39, 0.29) is 12.4 Å². The smallest absolute Gasteiger partial charge is 0.0870 e. The fraction of sp³-hybridized carbons (Fsp3) is 0.706. The first-order valence-corrected chi connectivity index (χ1v) is 8.75. The van der Waals surface area contributed by atoms with Gasteiger partial charge in [0, 0.05) is 36.3 Å². The summed E-state index contributed by atoms with van der Waals surface area (Å²) in [4.78, 5) is 0. The van der Waals surface area contributed by atoms with E-state index in [2.05, 4.69) is 56.2 Å². The van der Waals surface area contributed by atoms with Crippen molar-refractivity contribution in [1.82, 2.24) is 30.1 Å². The molecular formula is C17H27ClN6. The Bertz CT molecular complexity index is 681. The number of nitrogens with one attached hydrogen (secondary N) is 1. The second-order valence-corrected chi connectivity index (χ2v) is 7.47. The summed E-state index contributed by atoms with van der Waals surface area (Å²) >= 11 is 0. The highest BCUT2D eigenvalue weighted by Crippen LogP contribution is 2.48. The Labute approximate surface area is 149 Å². The number of aromatic nitrogens is 5. The van der Waals surface area contributed by atoms with Crippen LogP contribution in [0.25, 0.3) is 0 Å². The van der Waals surface area contributed by atoms with E-state index >= 15 is 0 Å². The van der Waals surface area contributed by atoms with E-state index < -0.39 is 0 Å². The lowest BCUT2D eigenvalue weighted by atomic mass is 9.97. The lowest BCUT2D eigenvalue weighted by Gasteiger charge is -2.20. The molecule has 3 heterocycles. The zero-order valence-electron chi connectivity index (χ0n) is 14.5. The monoisotopic (exact) mass is 350 g/mol. The molecule has 24 heavy (non-hydrogen) atoms. The second kappa shape index (κ2) is 6.84. The molecule has 1 aliphatic heterocycles. The number of aryl methyl sites for hydroxylation is 2. The molecule has 0 amide bonds. The molecule has 0 aromatic carbocycles. The van der Waals surface area contributed by atoms with Gasteiger partial charge in [0.1, 0.15) is 0 Å². The van der Waals surface area contributed by atoms with Crippen LogP contribution in [0, 0.1) is 19.3 Å². The van der Waals surface area contributed by atoms with Crippen LogP contribution in [0.2, 0.25) is 0 Å². The van der Waals surface area contributed by atoms with Crippen LogP contribution in [-0.4, -0.2) is 37.9 Å². The lowest BCUT2D eigenvalue weighted by Crippen LogP contribution is -2.28. The van der Waals surface area contributed by atoms with Crippen molar-refractivity contribution in [2.75, 3.05) is 13.1 Å². The maximum absolute atomic E-state index is 4.62. The summed E-state index contributed by atoms with van der Waals surface area (Å²) in [6, 6.07) is 2.15. The van der Waals surface area contributed by atoms with Gasteiger partial charge in [-0.1, -0.05) is 5.21 Å². The molecule has 2 aromatic rings. The molecule has 4 rings (SSSR count). The molecule has 1 saturated carbocycles. The Kier molecular flexibility index (Phi) is 4.97. The van der Waals surface area contributed by atoms with Gasteiger partial charge in [-0.3, -0.25) is 9.36 Å². The van der Waals surface area contributed by atoms with Crippen molar-refractivity contribution < 1.29 is 0 Å². The topological polar surface area (TPSA) is 60.6 Å². The van der Waals surface area contributed by atoms with Crippen LogP contribution in [0.3, 0.4) is 0 Å². The highest BCUT2D eigenvalue weighted by atomic mass is 35.5. The molecule has 1 N–H and O–H groups in total. The number of rotatable bonds is 5. The number of halogens is 1. The third-order valence-electron chi connectivity index (χ3n) is 5.31. The minimum Gasteiger partial charge on any atom is -0.316 e. The van der Waals surface area contributed by atoms with Crippen molar-refractivity contribution in [2.24, 2.45) is 5.41 Å². The highest BCUT2D eigenvalue weighted by Gasteiger charge is 2.44. The van der Waals surface area contributed by atoms with Gasteiger partial charge in [-0.2, -0.15) is 5.10 Å². The van der Waals surface area contributed by atoms with Gasteiger partial charge in [0.05, 0.1) is 17.9 Å². The molecule has 7 heteroatoms. The maximum atomic E-state index is 4.62. The summed E-state index contributed by atoms with van der Waals surface area (Å²) in [5.74, 6) is 0.531. The Morgan fingerprint density at radius 2 is 2.12 bits per heavy atom. The van der Waals surface area contributed by atoms with Gasteiger partial charge in [0.15, 0.2) is 0 Å². The van der Waals surface area contributed by atoms with Crippen LogP contribution in [-0.2, 0) is 13.1 Å². The molecule has 0 bridgehead atoms. The predicted molar refractivity (Wildman–Crippen MR) is 95.5 cm³/mol. The van der Waals surface area contributed by atoms with Gasteiger partial charge in [-0.05, 0) is 52.1 Å². The van der Waals surface area contributed by atoms with Crippen molar-refractivity contribution in [1.29, 1.82) is 0 Å². The average Bonchev–Trinajstić information content (AvgIpc) is 2.99. The second-order valence-electron chi connectivity index (χ2n) is 7.47. The summed E-state index contributed by atoms with van der Waals surface area (Å²) in [6.07, 6.45) is 7.14. The molecule has 132 valence electrons. The molecule has 2 aromatic heterocycles. The summed E-state index contributed by atoms with van der Waals surface area (Å²) in [5, 5.41) is 16.9. The molecule has 2 fully saturated rings. The van der Waals surface area contributed by atoms with Crippen LogP contribution < -0.4 is 5.32 Å². The predicted octanol–water partition coefficient (Wildman–Crippen LogP) is 2.46. The largest absolute Gasteiger partial charge is 0.316 e. The van der Waals surface area contributed by atoms with Crippen LogP contribution in [0.5, 0.6) is 0 Å². The van der Waals surface area contributed by atoms with Gasteiger partial charge in [0.2, 0.25) is 0 Å². The molecule has 0 radical (unpaired) electrons. The van der Waals surface area contributed by atoms with Gasteiger partial charge in [-0.25, -0.2) is 0 Å². The number of piperidine rings is 1. The highest BCUT2D eigenvalue weighted by molar-refractivity contribution is 5.85. The van der Waals surface area contributed by atoms with Gasteiger partial charge >= 0.3 is 0 Å². The Morgan fingerprint density at radius 1 is 1.29 bits per heavy atom. The molecule has 1 saturated heterocycles. The lowest BCUT2D eigenvalue weighted by molar-refractivity contribution is 0.323. The molecule has 2 aliphatic rings. The SMILES string of the molecule is Cc1cc(C)n(CC2(Cn3cc(C4CCCNC4)nn3)CC2)n1.Cl. The van der Waals surface area contributed by atoms with Crippen molar-refractivity contribution >= 4 is 12.4 Å². The third kappa shape index (κ3) is 3.64. The zero-order chi connectivity index (χ0) is 15.9. The molecule has 1 atom stereocenters. The van der Waals surface area contributed by atoms with Crippen molar-refractivity contribution in [3.8, 4) is 0 Å². The van der Waals surface area contributed by atoms with E-state index in [1.54, 1.807) is 0 Å². The normalized spacial score (nSPS) is 22.2. The molecule has 0 spiro atoms. The fourth-order valence-corrected chi connectivity index (χ4v) is 3.72. The zero-order valence-corrected chi connectivity index (χ0v) is 15.3. The minimum atomic E-state index is 0. The van der Waals surface area contributed by atoms with Crippen LogP contribution in [0.4, 0.5) is 0 Å². The van der Waals surface area contributed by atoms with Gasteiger partial charge < -0.3 is 5.32 Å². The van der Waals surface area contributed by atoms with Crippen LogP contribution in [0.15, 0.2) is 12.3 Å². The van der Waals surface area contributed by atoms with Crippen molar-refractivity contribution in [3.05, 3.63) is 29.3 Å². The van der Waals surface area contributed by atoms with E-state index in [0.717, 1.165) is 37.6 Å².